The van der Waals surface area contributed by atoms with Gasteiger partial charge in [0.25, 0.3) is 0 Å². The van der Waals surface area contributed by atoms with E-state index in [-0.39, 0.29) is 6.04 Å². The maximum atomic E-state index is 5.87. The van der Waals surface area contributed by atoms with Crippen LogP contribution >= 0.6 is 0 Å². The molecule has 0 saturated carbocycles. The highest BCUT2D eigenvalue weighted by Crippen LogP contribution is 2.21. The predicted octanol–water partition coefficient (Wildman–Crippen LogP) is 1.31. The molecule has 0 spiro atoms. The summed E-state index contributed by atoms with van der Waals surface area (Å²) in [6.45, 7) is 8.53. The first-order valence-corrected chi connectivity index (χ1v) is 6.55. The summed E-state index contributed by atoms with van der Waals surface area (Å²) >= 11 is 0. The topological polar surface area (TPSA) is 45.6 Å². The zero-order chi connectivity index (χ0) is 12.1. The van der Waals surface area contributed by atoms with Gasteiger partial charge in [-0.2, -0.15) is 0 Å². The Morgan fingerprint density at radius 1 is 1.35 bits per heavy atom. The number of furan rings is 1. The minimum Gasteiger partial charge on any atom is -0.468 e. The number of hydrogen-bond acceptors (Lipinski definition) is 4. The van der Waals surface area contributed by atoms with Crippen molar-refractivity contribution in [1.82, 2.24) is 9.80 Å². The highest BCUT2D eigenvalue weighted by atomic mass is 16.3. The molecule has 2 heterocycles. The lowest BCUT2D eigenvalue weighted by molar-refractivity contribution is 0.0896. The lowest BCUT2D eigenvalue weighted by Gasteiger charge is -2.38. The second kappa shape index (κ2) is 6.19. The van der Waals surface area contributed by atoms with Gasteiger partial charge < -0.3 is 15.1 Å². The normalized spacial score (nSPS) is 20.6. The van der Waals surface area contributed by atoms with Gasteiger partial charge in [0.1, 0.15) is 5.76 Å². The second-order valence-electron chi connectivity index (χ2n) is 4.64. The molecule has 1 saturated heterocycles. The Bertz CT molecular complexity index is 304. The average molecular weight is 237 g/mol. The van der Waals surface area contributed by atoms with E-state index < -0.39 is 0 Å². The quantitative estimate of drug-likeness (QED) is 0.838. The maximum Gasteiger partial charge on any atom is 0.122 e. The van der Waals surface area contributed by atoms with Crippen molar-refractivity contribution in [2.45, 2.75) is 19.4 Å². The third-order valence-electron chi connectivity index (χ3n) is 3.48. The third-order valence-corrected chi connectivity index (χ3v) is 3.48. The molecule has 0 aromatic carbocycles. The van der Waals surface area contributed by atoms with Crippen LogP contribution in [0.5, 0.6) is 0 Å². The summed E-state index contributed by atoms with van der Waals surface area (Å²) in [6, 6.07) is 4.20. The molecule has 0 amide bonds. The fourth-order valence-electron chi connectivity index (χ4n) is 2.54. The van der Waals surface area contributed by atoms with Crippen LogP contribution in [0.1, 0.15) is 25.1 Å². The number of piperazine rings is 1. The maximum absolute atomic E-state index is 5.87. The van der Waals surface area contributed by atoms with Crippen LogP contribution in [0.15, 0.2) is 22.8 Å². The molecule has 1 aromatic heterocycles. The molecule has 0 radical (unpaired) electrons. The first-order valence-electron chi connectivity index (χ1n) is 6.55. The van der Waals surface area contributed by atoms with Crippen LogP contribution in [0, 0.1) is 0 Å². The molecule has 0 bridgehead atoms. The van der Waals surface area contributed by atoms with Gasteiger partial charge in [-0.05, 0) is 25.1 Å². The number of nitrogens with zero attached hydrogens (tertiary/aromatic N) is 2. The molecule has 1 atom stereocenters. The van der Waals surface area contributed by atoms with Crippen molar-refractivity contribution in [2.75, 3.05) is 39.3 Å². The smallest absolute Gasteiger partial charge is 0.122 e. The van der Waals surface area contributed by atoms with Gasteiger partial charge in [-0.15, -0.1) is 0 Å². The highest BCUT2D eigenvalue weighted by molar-refractivity contribution is 5.05. The fourth-order valence-corrected chi connectivity index (χ4v) is 2.54. The molecule has 2 N–H and O–H groups in total. The Morgan fingerprint density at radius 3 is 2.65 bits per heavy atom. The van der Waals surface area contributed by atoms with Crippen LogP contribution in [-0.2, 0) is 0 Å². The van der Waals surface area contributed by atoms with Gasteiger partial charge in [0.05, 0.1) is 12.3 Å². The predicted molar refractivity (Wildman–Crippen MR) is 68.8 cm³/mol. The zero-order valence-electron chi connectivity index (χ0n) is 10.6. The number of nitrogens with two attached hydrogens (primary N) is 1. The van der Waals surface area contributed by atoms with Gasteiger partial charge in [0.2, 0.25) is 0 Å². The molecule has 1 fully saturated rings. The van der Waals surface area contributed by atoms with E-state index >= 15 is 0 Å². The van der Waals surface area contributed by atoms with E-state index in [1.807, 2.05) is 12.1 Å². The molecular formula is C13H23N3O. The Hall–Kier alpha value is -0.840. The van der Waals surface area contributed by atoms with Crippen LogP contribution in [0.4, 0.5) is 0 Å². The fraction of sp³-hybridized carbons (Fsp3) is 0.692. The zero-order valence-corrected chi connectivity index (χ0v) is 10.6. The molecule has 1 unspecified atom stereocenters. The van der Waals surface area contributed by atoms with Crippen LogP contribution in [0.2, 0.25) is 0 Å². The highest BCUT2D eigenvalue weighted by Gasteiger charge is 2.25. The summed E-state index contributed by atoms with van der Waals surface area (Å²) < 4.78 is 5.48. The Labute approximate surface area is 103 Å². The molecule has 96 valence electrons. The Balaban J connectivity index is 1.90. The summed E-state index contributed by atoms with van der Waals surface area (Å²) in [5.41, 5.74) is 5.87. The van der Waals surface area contributed by atoms with E-state index in [1.165, 1.54) is 13.0 Å². The molecule has 2 rings (SSSR count). The average Bonchev–Trinajstić information content (AvgIpc) is 2.86. The van der Waals surface area contributed by atoms with E-state index in [2.05, 4.69) is 16.7 Å². The monoisotopic (exact) mass is 237 g/mol. The summed E-state index contributed by atoms with van der Waals surface area (Å²) in [5.74, 6) is 0.997. The molecular weight excluding hydrogens is 214 g/mol. The summed E-state index contributed by atoms with van der Waals surface area (Å²) in [7, 11) is 0. The first-order chi connectivity index (χ1) is 8.35. The summed E-state index contributed by atoms with van der Waals surface area (Å²) in [5, 5.41) is 0. The van der Waals surface area contributed by atoms with Gasteiger partial charge >= 0.3 is 0 Å². The van der Waals surface area contributed by atoms with Gasteiger partial charge in [0, 0.05) is 32.7 Å². The SMILES string of the molecule is CCCN1CCN(C(CN)c2ccco2)CC1. The van der Waals surface area contributed by atoms with Crippen molar-refractivity contribution in [3.05, 3.63) is 24.2 Å². The van der Waals surface area contributed by atoms with Crippen molar-refractivity contribution in [3.8, 4) is 0 Å². The lowest BCUT2D eigenvalue weighted by Crippen LogP contribution is -2.49. The van der Waals surface area contributed by atoms with Gasteiger partial charge in [-0.3, -0.25) is 4.90 Å². The Kier molecular flexibility index (Phi) is 4.59. The van der Waals surface area contributed by atoms with Crippen molar-refractivity contribution in [1.29, 1.82) is 0 Å². The van der Waals surface area contributed by atoms with E-state index in [0.29, 0.717) is 6.54 Å². The van der Waals surface area contributed by atoms with Crippen LogP contribution in [0.3, 0.4) is 0 Å². The van der Waals surface area contributed by atoms with Gasteiger partial charge in [-0.1, -0.05) is 6.92 Å². The van der Waals surface area contributed by atoms with Crippen LogP contribution in [-0.4, -0.2) is 49.1 Å². The van der Waals surface area contributed by atoms with Crippen molar-refractivity contribution < 1.29 is 4.42 Å². The van der Waals surface area contributed by atoms with E-state index in [4.69, 9.17) is 10.2 Å². The largest absolute Gasteiger partial charge is 0.468 e. The lowest BCUT2D eigenvalue weighted by atomic mass is 10.1. The second-order valence-corrected chi connectivity index (χ2v) is 4.64. The number of hydrogen-bond donors (Lipinski definition) is 1. The van der Waals surface area contributed by atoms with E-state index in [9.17, 15) is 0 Å². The van der Waals surface area contributed by atoms with Crippen molar-refractivity contribution in [3.63, 3.8) is 0 Å². The molecule has 17 heavy (non-hydrogen) atoms. The minimum absolute atomic E-state index is 0.244. The molecule has 4 heteroatoms. The molecule has 1 aliphatic rings. The minimum atomic E-state index is 0.244. The van der Waals surface area contributed by atoms with Crippen molar-refractivity contribution >= 4 is 0 Å². The molecule has 1 aliphatic heterocycles. The van der Waals surface area contributed by atoms with Gasteiger partial charge in [0.15, 0.2) is 0 Å². The third kappa shape index (κ3) is 3.09. The first kappa shape index (κ1) is 12.6. The van der Waals surface area contributed by atoms with Crippen LogP contribution < -0.4 is 5.73 Å². The van der Waals surface area contributed by atoms with E-state index in [0.717, 1.165) is 31.9 Å². The van der Waals surface area contributed by atoms with Crippen molar-refractivity contribution in [2.24, 2.45) is 5.73 Å². The molecule has 4 nitrogen and oxygen atoms in total. The standard InChI is InChI=1S/C13H23N3O/c1-2-5-15-6-8-16(9-7-15)12(11-14)13-4-3-10-17-13/h3-4,10,12H,2,5-9,11,14H2,1H3. The molecule has 0 aliphatic carbocycles. The molecule has 1 aromatic rings. The van der Waals surface area contributed by atoms with Crippen LogP contribution in [0.25, 0.3) is 0 Å². The Morgan fingerprint density at radius 2 is 2.12 bits per heavy atom. The number of rotatable bonds is 5. The summed E-state index contributed by atoms with van der Waals surface area (Å²) in [4.78, 5) is 4.96. The van der Waals surface area contributed by atoms with Gasteiger partial charge in [-0.25, -0.2) is 0 Å². The summed E-state index contributed by atoms with van der Waals surface area (Å²) in [6.07, 6.45) is 2.96. The van der Waals surface area contributed by atoms with E-state index in [1.54, 1.807) is 6.26 Å².